The maximum atomic E-state index is 12.9. The number of hydrogen-bond donors (Lipinski definition) is 1. The van der Waals surface area contributed by atoms with Gasteiger partial charge in [0, 0.05) is 25.0 Å². The zero-order valence-electron chi connectivity index (χ0n) is 15.8. The van der Waals surface area contributed by atoms with E-state index in [-0.39, 0.29) is 24.0 Å². The average Bonchev–Trinajstić information content (AvgIpc) is 3.36. The van der Waals surface area contributed by atoms with Crippen molar-refractivity contribution in [2.45, 2.75) is 44.4 Å². The second kappa shape index (κ2) is 8.84. The van der Waals surface area contributed by atoms with Crippen LogP contribution in [0, 0.1) is 5.92 Å². The van der Waals surface area contributed by atoms with Gasteiger partial charge < -0.3 is 14.5 Å². The Morgan fingerprint density at radius 1 is 1.29 bits per heavy atom. The Balaban J connectivity index is 1.53. The van der Waals surface area contributed by atoms with Crippen LogP contribution in [0.25, 0.3) is 0 Å². The zero-order chi connectivity index (χ0) is 19.3. The van der Waals surface area contributed by atoms with Crippen LogP contribution >= 0.6 is 12.2 Å². The number of carbonyl (C=O) groups excluding carboxylic acids is 1. The highest BCUT2D eigenvalue weighted by molar-refractivity contribution is 7.80. The highest BCUT2D eigenvalue weighted by Crippen LogP contribution is 2.33. The summed E-state index contributed by atoms with van der Waals surface area (Å²) in [4.78, 5) is 22.4. The molecule has 0 spiro atoms. The maximum absolute atomic E-state index is 12.9. The van der Waals surface area contributed by atoms with Gasteiger partial charge in [-0.3, -0.25) is 9.69 Å². The number of aromatic amines is 1. The lowest BCUT2D eigenvalue weighted by Crippen LogP contribution is -2.46. The van der Waals surface area contributed by atoms with Crippen molar-refractivity contribution in [1.29, 1.82) is 0 Å². The topological polar surface area (TPSA) is 67.5 Å². The van der Waals surface area contributed by atoms with E-state index in [1.165, 1.54) is 5.56 Å². The predicted molar refractivity (Wildman–Crippen MR) is 109 cm³/mol. The van der Waals surface area contributed by atoms with Gasteiger partial charge in [0.15, 0.2) is 5.82 Å². The van der Waals surface area contributed by atoms with Crippen molar-refractivity contribution in [2.24, 2.45) is 5.92 Å². The minimum atomic E-state index is -0.346. The number of carbonyl (C=O) groups is 1. The third kappa shape index (κ3) is 4.25. The summed E-state index contributed by atoms with van der Waals surface area (Å²) in [5.74, 6) is 0.00950. The molecule has 0 bridgehead atoms. The molecule has 1 N–H and O–H groups in total. The molecule has 0 amide bonds. The van der Waals surface area contributed by atoms with Crippen molar-refractivity contribution < 1.29 is 14.3 Å². The molecule has 0 aliphatic carbocycles. The molecule has 2 saturated heterocycles. The Morgan fingerprint density at radius 3 is 2.93 bits per heavy atom. The van der Waals surface area contributed by atoms with Crippen molar-refractivity contribution in [3.8, 4) is 0 Å². The monoisotopic (exact) mass is 399 g/mol. The van der Waals surface area contributed by atoms with Crippen molar-refractivity contribution in [3.05, 3.63) is 54.1 Å². The Labute approximate surface area is 170 Å². The zero-order valence-corrected chi connectivity index (χ0v) is 16.6. The molecule has 7 heteroatoms. The first kappa shape index (κ1) is 19.1. The summed E-state index contributed by atoms with van der Waals surface area (Å²) in [6.07, 6.45) is 6.60. The fourth-order valence-corrected chi connectivity index (χ4v) is 4.50. The first-order valence-corrected chi connectivity index (χ1v) is 10.3. The van der Waals surface area contributed by atoms with Crippen LogP contribution in [0.5, 0.6) is 0 Å². The molecule has 28 heavy (non-hydrogen) atoms. The molecule has 2 aliphatic rings. The van der Waals surface area contributed by atoms with Crippen LogP contribution in [0.15, 0.2) is 42.7 Å². The lowest BCUT2D eigenvalue weighted by Gasteiger charge is -2.33. The number of hydrogen-bond acceptors (Lipinski definition) is 6. The highest BCUT2D eigenvalue weighted by atomic mass is 32.1. The fourth-order valence-electron chi connectivity index (χ4n) is 4.26. The van der Waals surface area contributed by atoms with E-state index in [2.05, 4.69) is 27.0 Å². The largest absolute Gasteiger partial charge is 0.476 e. The molecule has 2 fully saturated rings. The molecule has 1 aromatic heterocycles. The number of cyclic esters (lactones) is 1. The quantitative estimate of drug-likeness (QED) is 0.616. The standard InChI is InChI=1S/C21H25N3O3S/c25-20-18(16-8-4-12-24(16)14-15-6-2-1-3-7-15)17(9-5-13-26-20)27-21(28)19-22-10-11-23-19/h1-3,6-7,10-11,16-18H,4-5,8-9,12-14H2,(H,22,23)/t16-,17-,18-/m1/s1. The number of nitrogens with zero attached hydrogens (tertiary/aromatic N) is 2. The van der Waals surface area contributed by atoms with Gasteiger partial charge in [-0.25, -0.2) is 4.98 Å². The summed E-state index contributed by atoms with van der Waals surface area (Å²) in [5.41, 5.74) is 1.25. The number of aromatic nitrogens is 2. The summed E-state index contributed by atoms with van der Waals surface area (Å²) >= 11 is 5.42. The fraction of sp³-hybridized carbons (Fsp3) is 0.476. The second-order valence-corrected chi connectivity index (χ2v) is 7.75. The Morgan fingerprint density at radius 2 is 2.14 bits per heavy atom. The number of benzene rings is 1. The van der Waals surface area contributed by atoms with Crippen LogP contribution in [0.1, 0.15) is 37.1 Å². The van der Waals surface area contributed by atoms with E-state index >= 15 is 0 Å². The number of thiocarbonyl (C=S) groups is 1. The summed E-state index contributed by atoms with van der Waals surface area (Å²) in [5, 5.41) is 0.308. The van der Waals surface area contributed by atoms with Gasteiger partial charge in [-0.1, -0.05) is 30.3 Å². The number of H-pyrrole nitrogens is 1. The highest BCUT2D eigenvalue weighted by Gasteiger charge is 2.44. The SMILES string of the molecule is O=C1OCCC[C@@H](OC(=S)c2ncc[nH]2)[C@H]1[C@H]1CCCN1Cc1ccccc1. The molecule has 4 rings (SSSR count). The van der Waals surface area contributed by atoms with Gasteiger partial charge in [-0.2, -0.15) is 0 Å². The summed E-state index contributed by atoms with van der Waals surface area (Å²) < 4.78 is 11.6. The van der Waals surface area contributed by atoms with Crippen LogP contribution in [0.2, 0.25) is 0 Å². The van der Waals surface area contributed by atoms with Gasteiger partial charge in [-0.05, 0) is 50.0 Å². The van der Waals surface area contributed by atoms with Crippen molar-refractivity contribution in [2.75, 3.05) is 13.2 Å². The van der Waals surface area contributed by atoms with Gasteiger partial charge in [0.05, 0.1) is 6.61 Å². The normalized spacial score (nSPS) is 25.9. The van der Waals surface area contributed by atoms with Gasteiger partial charge >= 0.3 is 5.97 Å². The predicted octanol–water partition coefficient (Wildman–Crippen LogP) is 3.09. The molecule has 0 saturated carbocycles. The van der Waals surface area contributed by atoms with E-state index in [4.69, 9.17) is 21.7 Å². The third-order valence-electron chi connectivity index (χ3n) is 5.56. The Kier molecular flexibility index (Phi) is 6.02. The van der Waals surface area contributed by atoms with Crippen molar-refractivity contribution >= 4 is 23.2 Å². The summed E-state index contributed by atoms with van der Waals surface area (Å²) in [7, 11) is 0. The van der Waals surface area contributed by atoms with E-state index in [0.29, 0.717) is 17.5 Å². The molecule has 3 atom stereocenters. The maximum Gasteiger partial charge on any atom is 0.314 e. The summed E-state index contributed by atoms with van der Waals surface area (Å²) in [6, 6.07) is 10.5. The molecule has 6 nitrogen and oxygen atoms in total. The van der Waals surface area contributed by atoms with E-state index < -0.39 is 0 Å². The number of nitrogens with one attached hydrogen (secondary N) is 1. The lowest BCUT2D eigenvalue weighted by molar-refractivity contribution is -0.152. The smallest absolute Gasteiger partial charge is 0.314 e. The van der Waals surface area contributed by atoms with Crippen molar-refractivity contribution in [1.82, 2.24) is 14.9 Å². The number of esters is 1. The van der Waals surface area contributed by atoms with Crippen LogP contribution in [-0.2, 0) is 20.8 Å². The van der Waals surface area contributed by atoms with Gasteiger partial charge in [-0.15, -0.1) is 0 Å². The minimum absolute atomic E-state index is 0.0928. The van der Waals surface area contributed by atoms with Gasteiger partial charge in [0.1, 0.15) is 12.0 Å². The molecule has 148 valence electrons. The van der Waals surface area contributed by atoms with Gasteiger partial charge in [0.2, 0.25) is 5.05 Å². The van der Waals surface area contributed by atoms with Crippen LogP contribution < -0.4 is 0 Å². The molecule has 0 radical (unpaired) electrons. The minimum Gasteiger partial charge on any atom is -0.476 e. The van der Waals surface area contributed by atoms with Gasteiger partial charge in [0.25, 0.3) is 0 Å². The van der Waals surface area contributed by atoms with Crippen LogP contribution in [-0.4, -0.2) is 51.2 Å². The molecule has 2 aromatic rings. The molecule has 1 aromatic carbocycles. The number of imidazole rings is 1. The molecule has 0 unspecified atom stereocenters. The van der Waals surface area contributed by atoms with Crippen LogP contribution in [0.3, 0.4) is 0 Å². The second-order valence-electron chi connectivity index (χ2n) is 7.38. The molecular weight excluding hydrogens is 374 g/mol. The Bertz CT molecular complexity index is 796. The number of likely N-dealkylation sites (tertiary alicyclic amines) is 1. The lowest BCUT2D eigenvalue weighted by atomic mass is 9.89. The van der Waals surface area contributed by atoms with E-state index in [0.717, 1.165) is 38.8 Å². The van der Waals surface area contributed by atoms with Crippen molar-refractivity contribution in [3.63, 3.8) is 0 Å². The van der Waals surface area contributed by atoms with E-state index in [1.54, 1.807) is 12.4 Å². The molecule has 3 heterocycles. The Hall–Kier alpha value is -2.25. The first-order chi connectivity index (χ1) is 13.7. The number of ether oxygens (including phenoxy) is 2. The number of rotatable bonds is 5. The summed E-state index contributed by atoms with van der Waals surface area (Å²) in [6.45, 7) is 2.23. The molecule has 2 aliphatic heterocycles. The first-order valence-electron chi connectivity index (χ1n) is 9.87. The van der Waals surface area contributed by atoms with E-state index in [9.17, 15) is 4.79 Å². The molecular formula is C21H25N3O3S. The van der Waals surface area contributed by atoms with Crippen LogP contribution in [0.4, 0.5) is 0 Å². The third-order valence-corrected chi connectivity index (χ3v) is 5.85. The van der Waals surface area contributed by atoms with E-state index in [1.807, 2.05) is 18.2 Å². The average molecular weight is 400 g/mol.